The van der Waals surface area contributed by atoms with E-state index in [0.717, 1.165) is 5.56 Å². The number of rotatable bonds is 6. The van der Waals surface area contributed by atoms with Crippen LogP contribution in [0.4, 0.5) is 13.2 Å². The molecule has 1 aliphatic heterocycles. The third-order valence-electron chi connectivity index (χ3n) is 6.91. The maximum Gasteiger partial charge on any atom is 0.223 e. The second-order valence-corrected chi connectivity index (χ2v) is 8.88. The minimum Gasteiger partial charge on any atom is -0.336 e. The van der Waals surface area contributed by atoms with Gasteiger partial charge >= 0.3 is 0 Å². The molecule has 0 bridgehead atoms. The molecule has 34 heavy (non-hydrogen) atoms. The fourth-order valence-electron chi connectivity index (χ4n) is 4.89. The van der Waals surface area contributed by atoms with Crippen LogP contribution in [0.3, 0.4) is 0 Å². The molecule has 0 saturated carbocycles. The maximum atomic E-state index is 14.9. The number of piperidine rings is 1. The summed E-state index contributed by atoms with van der Waals surface area (Å²) >= 11 is 0. The molecule has 1 amide bonds. The van der Waals surface area contributed by atoms with Gasteiger partial charge in [-0.05, 0) is 66.8 Å². The SMILES string of the molecule is C[C@@H](c1ccc(-c2ccc(F)cc2)c(F)c1)N1CC[C@](CCC#N)(c2ccc(F)cc2)CC1=O. The molecule has 1 saturated heterocycles. The first-order valence-electron chi connectivity index (χ1n) is 11.3. The van der Waals surface area contributed by atoms with E-state index in [1.807, 2.05) is 6.92 Å². The molecular weight excluding hydrogens is 437 g/mol. The molecule has 3 aromatic carbocycles. The molecule has 0 spiro atoms. The fraction of sp³-hybridized carbons (Fsp3) is 0.286. The van der Waals surface area contributed by atoms with Crippen molar-refractivity contribution < 1.29 is 18.0 Å². The van der Waals surface area contributed by atoms with E-state index in [0.29, 0.717) is 42.5 Å². The zero-order valence-electron chi connectivity index (χ0n) is 18.9. The minimum absolute atomic E-state index is 0.0796. The van der Waals surface area contributed by atoms with Crippen LogP contribution in [0.1, 0.15) is 49.8 Å². The summed E-state index contributed by atoms with van der Waals surface area (Å²) in [5.74, 6) is -1.24. The van der Waals surface area contributed by atoms with E-state index in [2.05, 4.69) is 6.07 Å². The van der Waals surface area contributed by atoms with Crippen LogP contribution in [0.15, 0.2) is 66.7 Å². The van der Waals surface area contributed by atoms with Crippen LogP contribution in [-0.4, -0.2) is 17.4 Å². The van der Waals surface area contributed by atoms with Gasteiger partial charge in [0.25, 0.3) is 0 Å². The monoisotopic (exact) mass is 462 g/mol. The highest BCUT2D eigenvalue weighted by Gasteiger charge is 2.41. The standard InChI is InChI=1S/C28H25F3N2O/c1-19(21-5-12-25(26(31)17-21)20-3-8-23(29)9-4-20)33-16-14-28(13-2-15-32,18-27(33)34)22-6-10-24(30)11-7-22/h3-12,17,19H,2,13-14,16,18H2,1H3/t19-,28-/m0/s1. The Labute approximate surface area is 197 Å². The Bertz CT molecular complexity index is 1220. The number of benzene rings is 3. The van der Waals surface area contributed by atoms with Crippen LogP contribution in [0.5, 0.6) is 0 Å². The summed E-state index contributed by atoms with van der Waals surface area (Å²) in [6, 6.07) is 18.5. The van der Waals surface area contributed by atoms with Crippen LogP contribution in [0.2, 0.25) is 0 Å². The van der Waals surface area contributed by atoms with Crippen molar-refractivity contribution >= 4 is 5.91 Å². The lowest BCUT2D eigenvalue weighted by atomic mass is 9.69. The van der Waals surface area contributed by atoms with Crippen LogP contribution >= 0.6 is 0 Å². The minimum atomic E-state index is -0.519. The number of likely N-dealkylation sites (tertiary alicyclic amines) is 1. The van der Waals surface area contributed by atoms with Crippen molar-refractivity contribution in [2.24, 2.45) is 0 Å². The predicted octanol–water partition coefficient (Wildman–Crippen LogP) is 6.70. The van der Waals surface area contributed by atoms with E-state index in [1.54, 1.807) is 29.2 Å². The largest absolute Gasteiger partial charge is 0.336 e. The summed E-state index contributed by atoms with van der Waals surface area (Å²) in [5, 5.41) is 9.14. The number of hydrogen-bond acceptors (Lipinski definition) is 2. The lowest BCUT2D eigenvalue weighted by molar-refractivity contribution is -0.138. The van der Waals surface area contributed by atoms with Gasteiger partial charge in [0.15, 0.2) is 0 Å². The van der Waals surface area contributed by atoms with Crippen LogP contribution in [-0.2, 0) is 10.2 Å². The van der Waals surface area contributed by atoms with E-state index < -0.39 is 11.2 Å². The summed E-state index contributed by atoms with van der Waals surface area (Å²) < 4.78 is 41.6. The quantitative estimate of drug-likeness (QED) is 0.409. The lowest BCUT2D eigenvalue weighted by Gasteiger charge is -2.44. The zero-order valence-corrected chi connectivity index (χ0v) is 18.9. The highest BCUT2D eigenvalue weighted by Crippen LogP contribution is 2.42. The predicted molar refractivity (Wildman–Crippen MR) is 124 cm³/mol. The Hall–Kier alpha value is -3.59. The van der Waals surface area contributed by atoms with E-state index in [-0.39, 0.29) is 30.0 Å². The molecule has 0 aromatic heterocycles. The summed E-state index contributed by atoms with van der Waals surface area (Å²) in [6.45, 7) is 2.31. The van der Waals surface area contributed by atoms with E-state index in [4.69, 9.17) is 5.26 Å². The van der Waals surface area contributed by atoms with E-state index in [1.165, 1.54) is 42.5 Å². The van der Waals surface area contributed by atoms with Gasteiger partial charge < -0.3 is 4.90 Å². The van der Waals surface area contributed by atoms with E-state index >= 15 is 0 Å². The third-order valence-corrected chi connectivity index (χ3v) is 6.91. The summed E-state index contributed by atoms with van der Waals surface area (Å²) in [4.78, 5) is 15.0. The van der Waals surface area contributed by atoms with Crippen molar-refractivity contribution in [3.8, 4) is 17.2 Å². The number of amides is 1. The van der Waals surface area contributed by atoms with Gasteiger partial charge in [-0.25, -0.2) is 13.2 Å². The number of carbonyl (C=O) groups excluding carboxylic acids is 1. The Balaban J connectivity index is 1.55. The molecule has 1 heterocycles. The van der Waals surface area contributed by atoms with Gasteiger partial charge in [0.2, 0.25) is 5.91 Å². The van der Waals surface area contributed by atoms with Crippen molar-refractivity contribution in [1.82, 2.24) is 4.90 Å². The Morgan fingerprint density at radius 3 is 2.24 bits per heavy atom. The molecule has 0 aliphatic carbocycles. The maximum absolute atomic E-state index is 14.9. The number of nitrogens with zero attached hydrogens (tertiary/aromatic N) is 2. The Morgan fingerprint density at radius 1 is 1.00 bits per heavy atom. The van der Waals surface area contributed by atoms with Gasteiger partial charge in [-0.3, -0.25) is 4.79 Å². The number of nitriles is 1. The molecular formula is C28H25F3N2O. The second kappa shape index (κ2) is 9.72. The van der Waals surface area contributed by atoms with Crippen LogP contribution in [0, 0.1) is 28.8 Å². The molecule has 0 unspecified atom stereocenters. The molecule has 6 heteroatoms. The number of halogens is 3. The van der Waals surface area contributed by atoms with Gasteiger partial charge in [0.05, 0.1) is 12.1 Å². The fourth-order valence-corrected chi connectivity index (χ4v) is 4.89. The van der Waals surface area contributed by atoms with Crippen molar-refractivity contribution in [2.75, 3.05) is 6.54 Å². The smallest absolute Gasteiger partial charge is 0.223 e. The van der Waals surface area contributed by atoms with Gasteiger partial charge in [0, 0.05) is 30.4 Å². The van der Waals surface area contributed by atoms with Gasteiger partial charge in [-0.15, -0.1) is 0 Å². The first kappa shape index (κ1) is 23.6. The first-order valence-corrected chi connectivity index (χ1v) is 11.3. The highest BCUT2D eigenvalue weighted by atomic mass is 19.1. The molecule has 2 atom stereocenters. The lowest BCUT2D eigenvalue weighted by Crippen LogP contribution is -2.47. The molecule has 0 radical (unpaired) electrons. The molecule has 1 aliphatic rings. The van der Waals surface area contributed by atoms with Gasteiger partial charge in [-0.2, -0.15) is 5.26 Å². The number of hydrogen-bond donors (Lipinski definition) is 0. The average Bonchev–Trinajstić information content (AvgIpc) is 2.83. The van der Waals surface area contributed by atoms with Crippen molar-refractivity contribution in [2.45, 2.75) is 44.1 Å². The normalized spacial score (nSPS) is 19.0. The summed E-state index contributed by atoms with van der Waals surface area (Å²) in [7, 11) is 0. The van der Waals surface area contributed by atoms with Gasteiger partial charge in [-0.1, -0.05) is 36.4 Å². The van der Waals surface area contributed by atoms with Crippen molar-refractivity contribution in [1.29, 1.82) is 5.26 Å². The molecule has 1 fully saturated rings. The zero-order chi connectivity index (χ0) is 24.3. The molecule has 0 N–H and O–H groups in total. The average molecular weight is 463 g/mol. The highest BCUT2D eigenvalue weighted by molar-refractivity contribution is 5.79. The summed E-state index contributed by atoms with van der Waals surface area (Å²) in [5.41, 5.74) is 1.96. The molecule has 3 aromatic rings. The molecule has 4 rings (SSSR count). The van der Waals surface area contributed by atoms with Gasteiger partial charge in [0.1, 0.15) is 17.5 Å². The van der Waals surface area contributed by atoms with Crippen LogP contribution in [0.25, 0.3) is 11.1 Å². The third kappa shape index (κ3) is 4.70. The van der Waals surface area contributed by atoms with Crippen LogP contribution < -0.4 is 0 Å². The molecule has 174 valence electrons. The topological polar surface area (TPSA) is 44.1 Å². The molecule has 3 nitrogen and oxygen atoms in total. The van der Waals surface area contributed by atoms with E-state index in [9.17, 15) is 18.0 Å². The Kier molecular flexibility index (Phi) is 6.74. The first-order chi connectivity index (χ1) is 16.3. The van der Waals surface area contributed by atoms with Crippen molar-refractivity contribution in [3.05, 3.63) is 95.3 Å². The Morgan fingerprint density at radius 2 is 1.65 bits per heavy atom. The summed E-state index contributed by atoms with van der Waals surface area (Å²) in [6.07, 6.45) is 1.66. The number of carbonyl (C=O) groups is 1. The second-order valence-electron chi connectivity index (χ2n) is 8.88. The van der Waals surface area contributed by atoms with Crippen molar-refractivity contribution in [3.63, 3.8) is 0 Å².